The first-order valence-corrected chi connectivity index (χ1v) is 7.72. The first-order chi connectivity index (χ1) is 11.6. The smallest absolute Gasteiger partial charge is 0.275 e. The van der Waals surface area contributed by atoms with Crippen molar-refractivity contribution in [2.45, 2.75) is 0 Å². The molecule has 1 aromatic carbocycles. The molecule has 8 heteroatoms. The lowest BCUT2D eigenvalue weighted by molar-refractivity contribution is 0.0954. The first-order valence-electron chi connectivity index (χ1n) is 7.72. The fraction of sp³-hybridized carbons (Fsp3) is 0.312. The van der Waals surface area contributed by atoms with Crippen LogP contribution in [0.1, 0.15) is 10.5 Å². The van der Waals surface area contributed by atoms with Crippen molar-refractivity contribution < 1.29 is 9.90 Å². The van der Waals surface area contributed by atoms with E-state index in [1.165, 1.54) is 17.9 Å². The van der Waals surface area contributed by atoms with E-state index in [1.807, 2.05) is 24.3 Å². The van der Waals surface area contributed by atoms with E-state index < -0.39 is 17.1 Å². The number of amides is 1. The molecule has 1 amide bonds. The molecule has 2 aromatic rings. The molecule has 1 aliphatic heterocycles. The minimum Gasteiger partial charge on any atom is -0.503 e. The second kappa shape index (κ2) is 6.71. The molecule has 1 saturated heterocycles. The number of aromatic hydroxyl groups is 1. The maximum absolute atomic E-state index is 11.9. The zero-order valence-electron chi connectivity index (χ0n) is 13.3. The molecule has 8 nitrogen and oxygen atoms in total. The largest absolute Gasteiger partial charge is 0.503 e. The molecule has 1 aromatic heterocycles. The molecule has 2 heterocycles. The summed E-state index contributed by atoms with van der Waals surface area (Å²) in [6.07, 6.45) is 1.23. The van der Waals surface area contributed by atoms with Crippen LogP contribution in [0, 0.1) is 0 Å². The van der Waals surface area contributed by atoms with Gasteiger partial charge in [-0.15, -0.1) is 0 Å². The van der Waals surface area contributed by atoms with Crippen LogP contribution in [0.4, 0.5) is 5.69 Å². The van der Waals surface area contributed by atoms with Gasteiger partial charge >= 0.3 is 0 Å². The first kappa shape index (κ1) is 16.0. The second-order valence-electron chi connectivity index (χ2n) is 5.44. The topological polar surface area (TPSA) is 99.5 Å². The number of nitrogens with one attached hydrogen (secondary N) is 2. The van der Waals surface area contributed by atoms with Crippen LogP contribution in [0.5, 0.6) is 5.75 Å². The van der Waals surface area contributed by atoms with E-state index >= 15 is 0 Å². The standard InChI is InChI=1S/C16H19N5O3/c1-17-16(24)14-15(23)13(22)10-21(19-14)12-5-3-2-4-11(12)20-8-6-18-7-9-20/h2-5,10,18,22H,6-9H2,1H3,(H,17,24). The molecule has 126 valence electrons. The van der Waals surface area contributed by atoms with Crippen LogP contribution < -0.4 is 21.0 Å². The van der Waals surface area contributed by atoms with Crippen molar-refractivity contribution in [3.8, 4) is 11.4 Å². The number of para-hydroxylation sites is 2. The van der Waals surface area contributed by atoms with Crippen molar-refractivity contribution in [3.05, 3.63) is 46.4 Å². The minimum atomic E-state index is -0.787. The summed E-state index contributed by atoms with van der Waals surface area (Å²) in [7, 11) is 1.41. The highest BCUT2D eigenvalue weighted by Gasteiger charge is 2.19. The van der Waals surface area contributed by atoms with Gasteiger partial charge in [-0.25, -0.2) is 4.68 Å². The summed E-state index contributed by atoms with van der Waals surface area (Å²) in [5.41, 5.74) is 0.495. The number of aromatic nitrogens is 2. The molecular weight excluding hydrogens is 310 g/mol. The highest BCUT2D eigenvalue weighted by Crippen LogP contribution is 2.24. The van der Waals surface area contributed by atoms with Gasteiger partial charge in [0.1, 0.15) is 0 Å². The lowest BCUT2D eigenvalue weighted by Crippen LogP contribution is -2.44. The molecule has 1 aliphatic rings. The summed E-state index contributed by atoms with van der Waals surface area (Å²) in [5, 5.41) is 19.7. The molecule has 0 bridgehead atoms. The third kappa shape index (κ3) is 2.95. The van der Waals surface area contributed by atoms with E-state index in [1.54, 1.807) is 0 Å². The summed E-state index contributed by atoms with van der Waals surface area (Å²) in [6.45, 7) is 3.43. The fourth-order valence-electron chi connectivity index (χ4n) is 2.70. The van der Waals surface area contributed by atoms with Crippen molar-refractivity contribution in [2.24, 2.45) is 0 Å². The Morgan fingerprint density at radius 2 is 1.92 bits per heavy atom. The summed E-state index contributed by atoms with van der Waals surface area (Å²) < 4.78 is 1.37. The molecule has 1 fully saturated rings. The van der Waals surface area contributed by atoms with Crippen LogP contribution in [0.25, 0.3) is 5.69 Å². The van der Waals surface area contributed by atoms with Crippen molar-refractivity contribution in [3.63, 3.8) is 0 Å². The molecule has 0 aliphatic carbocycles. The number of piperazine rings is 1. The molecule has 3 N–H and O–H groups in total. The number of rotatable bonds is 3. The van der Waals surface area contributed by atoms with Crippen LogP contribution in [0.15, 0.2) is 35.3 Å². The maximum atomic E-state index is 11.9. The summed E-state index contributed by atoms with van der Waals surface area (Å²) >= 11 is 0. The molecule has 0 saturated carbocycles. The van der Waals surface area contributed by atoms with Gasteiger partial charge in [0.25, 0.3) is 11.3 Å². The average Bonchev–Trinajstić information content (AvgIpc) is 2.64. The highest BCUT2D eigenvalue weighted by molar-refractivity contribution is 5.92. The summed E-state index contributed by atoms with van der Waals surface area (Å²) in [5.74, 6) is -1.15. The lowest BCUT2D eigenvalue weighted by Gasteiger charge is -2.31. The van der Waals surface area contributed by atoms with Crippen molar-refractivity contribution in [1.29, 1.82) is 0 Å². The fourth-order valence-corrected chi connectivity index (χ4v) is 2.70. The van der Waals surface area contributed by atoms with Crippen molar-refractivity contribution in [1.82, 2.24) is 20.4 Å². The predicted octanol–water partition coefficient (Wildman–Crippen LogP) is -0.293. The van der Waals surface area contributed by atoms with Gasteiger partial charge in [0, 0.05) is 33.2 Å². The maximum Gasteiger partial charge on any atom is 0.275 e. The van der Waals surface area contributed by atoms with Gasteiger partial charge in [-0.1, -0.05) is 12.1 Å². The molecule has 0 unspecified atom stereocenters. The third-order valence-electron chi connectivity index (χ3n) is 3.93. The lowest BCUT2D eigenvalue weighted by atomic mass is 10.2. The average molecular weight is 329 g/mol. The van der Waals surface area contributed by atoms with E-state index in [-0.39, 0.29) is 5.69 Å². The van der Waals surface area contributed by atoms with Gasteiger partial charge in [-0.2, -0.15) is 5.10 Å². The molecule has 24 heavy (non-hydrogen) atoms. The molecule has 0 radical (unpaired) electrons. The number of carbonyl (C=O) groups is 1. The van der Waals surface area contributed by atoms with E-state index in [0.29, 0.717) is 5.69 Å². The predicted molar refractivity (Wildman–Crippen MR) is 90.0 cm³/mol. The van der Waals surface area contributed by atoms with Crippen LogP contribution >= 0.6 is 0 Å². The minimum absolute atomic E-state index is 0.340. The van der Waals surface area contributed by atoms with E-state index in [4.69, 9.17) is 0 Å². The number of hydrogen-bond donors (Lipinski definition) is 3. The van der Waals surface area contributed by atoms with Gasteiger partial charge in [0.2, 0.25) is 0 Å². The Morgan fingerprint density at radius 3 is 2.58 bits per heavy atom. The second-order valence-corrected chi connectivity index (χ2v) is 5.44. The zero-order chi connectivity index (χ0) is 17.1. The third-order valence-corrected chi connectivity index (χ3v) is 3.93. The Labute approximate surface area is 138 Å². The molecular formula is C16H19N5O3. The Kier molecular flexibility index (Phi) is 4.48. The Hall–Kier alpha value is -2.87. The van der Waals surface area contributed by atoms with Gasteiger partial charge in [-0.05, 0) is 12.1 Å². The van der Waals surface area contributed by atoms with Crippen molar-refractivity contribution in [2.75, 3.05) is 38.1 Å². The van der Waals surface area contributed by atoms with Crippen molar-refractivity contribution >= 4 is 11.6 Å². The van der Waals surface area contributed by atoms with Gasteiger partial charge < -0.3 is 20.6 Å². The molecule has 0 atom stereocenters. The van der Waals surface area contributed by atoms with Crippen LogP contribution in [-0.2, 0) is 0 Å². The summed E-state index contributed by atoms with van der Waals surface area (Å²) in [4.78, 5) is 26.0. The van der Waals surface area contributed by atoms with E-state index in [2.05, 4.69) is 20.6 Å². The van der Waals surface area contributed by atoms with Gasteiger partial charge in [0.05, 0.1) is 17.6 Å². The number of carbonyl (C=O) groups excluding carboxylic acids is 1. The monoisotopic (exact) mass is 329 g/mol. The Bertz CT molecular complexity index is 812. The van der Waals surface area contributed by atoms with Crippen LogP contribution in [-0.4, -0.2) is 54.0 Å². The molecule has 0 spiro atoms. The quantitative estimate of drug-likeness (QED) is 0.715. The van der Waals surface area contributed by atoms with Crippen LogP contribution in [0.3, 0.4) is 0 Å². The highest BCUT2D eigenvalue weighted by atomic mass is 16.3. The number of hydrogen-bond acceptors (Lipinski definition) is 6. The van der Waals surface area contributed by atoms with Gasteiger partial charge in [-0.3, -0.25) is 9.59 Å². The number of benzene rings is 1. The van der Waals surface area contributed by atoms with Crippen LogP contribution in [0.2, 0.25) is 0 Å². The number of anilines is 1. The SMILES string of the molecule is CNC(=O)c1nn(-c2ccccc2N2CCNCC2)cc(O)c1=O. The number of nitrogens with zero attached hydrogens (tertiary/aromatic N) is 3. The Morgan fingerprint density at radius 1 is 1.25 bits per heavy atom. The zero-order valence-corrected chi connectivity index (χ0v) is 13.3. The van der Waals surface area contributed by atoms with E-state index in [9.17, 15) is 14.7 Å². The Balaban J connectivity index is 2.11. The summed E-state index contributed by atoms with van der Waals surface area (Å²) in [6, 6.07) is 7.55. The van der Waals surface area contributed by atoms with E-state index in [0.717, 1.165) is 31.9 Å². The normalized spacial score (nSPS) is 14.5. The molecule has 3 rings (SSSR count). The van der Waals surface area contributed by atoms with Gasteiger partial charge in [0.15, 0.2) is 11.4 Å².